The average Bonchev–Trinajstić information content (AvgIpc) is 2.78. The summed E-state index contributed by atoms with van der Waals surface area (Å²) in [5.74, 6) is -0.323. The highest BCUT2D eigenvalue weighted by atomic mass is 79.9. The summed E-state index contributed by atoms with van der Waals surface area (Å²) in [6, 6.07) is 3.53. The lowest BCUT2D eigenvalue weighted by Gasteiger charge is -2.27. The molecular weight excluding hydrogens is 319 g/mol. The first-order valence-corrected chi connectivity index (χ1v) is 6.95. The molecule has 0 amide bonds. The minimum Gasteiger partial charge on any atom is -0.495 e. The first-order valence-electron chi connectivity index (χ1n) is 5.78. The van der Waals surface area contributed by atoms with Crippen LogP contribution < -0.4 is 4.74 Å². The van der Waals surface area contributed by atoms with E-state index in [0.717, 1.165) is 17.3 Å². The molecule has 3 nitrogen and oxygen atoms in total. The SMILES string of the molecule is COc1c(Cl)cc(Br)cc1C1(C(=O)O)CCCC1. The van der Waals surface area contributed by atoms with E-state index in [1.807, 2.05) is 6.07 Å². The molecule has 1 fully saturated rings. The molecule has 18 heavy (non-hydrogen) atoms. The Hall–Kier alpha value is -0.740. The molecule has 1 aliphatic carbocycles. The number of methoxy groups -OCH3 is 1. The van der Waals surface area contributed by atoms with Gasteiger partial charge in [0, 0.05) is 10.0 Å². The molecule has 1 saturated carbocycles. The third-order valence-electron chi connectivity index (χ3n) is 3.59. The number of carboxylic acids is 1. The van der Waals surface area contributed by atoms with Gasteiger partial charge in [-0.1, -0.05) is 40.4 Å². The van der Waals surface area contributed by atoms with Gasteiger partial charge in [0.05, 0.1) is 17.5 Å². The molecule has 2 rings (SSSR count). The summed E-state index contributed by atoms with van der Waals surface area (Å²) in [5.41, 5.74) is -0.187. The van der Waals surface area contributed by atoms with E-state index in [-0.39, 0.29) is 0 Å². The second kappa shape index (κ2) is 5.10. The van der Waals surface area contributed by atoms with E-state index < -0.39 is 11.4 Å². The van der Waals surface area contributed by atoms with Crippen LogP contribution in [0.25, 0.3) is 0 Å². The zero-order chi connectivity index (χ0) is 13.3. The second-order valence-corrected chi connectivity index (χ2v) is 5.89. The normalized spacial score (nSPS) is 17.7. The number of benzene rings is 1. The standard InChI is InChI=1S/C13H14BrClO3/c1-18-11-9(6-8(14)7-10(11)15)13(12(16)17)4-2-3-5-13/h6-7H,2-5H2,1H3,(H,16,17). The minimum atomic E-state index is -0.862. The lowest BCUT2D eigenvalue weighted by molar-refractivity contribution is -0.143. The maximum atomic E-state index is 11.7. The molecule has 0 saturated heterocycles. The average molecular weight is 334 g/mol. The first-order chi connectivity index (χ1) is 8.51. The second-order valence-electron chi connectivity index (χ2n) is 4.56. The molecular formula is C13H14BrClO3. The van der Waals surface area contributed by atoms with Gasteiger partial charge in [-0.05, 0) is 25.0 Å². The van der Waals surface area contributed by atoms with Crippen LogP contribution >= 0.6 is 27.5 Å². The van der Waals surface area contributed by atoms with E-state index in [4.69, 9.17) is 16.3 Å². The quantitative estimate of drug-likeness (QED) is 0.909. The Kier molecular flexibility index (Phi) is 3.87. The van der Waals surface area contributed by atoms with Crippen LogP contribution in [0.3, 0.4) is 0 Å². The number of ether oxygens (including phenoxy) is 1. The Bertz CT molecular complexity index is 481. The highest BCUT2D eigenvalue weighted by Gasteiger charge is 2.45. The van der Waals surface area contributed by atoms with Gasteiger partial charge in [0.1, 0.15) is 5.75 Å². The Morgan fingerprint density at radius 2 is 2.06 bits per heavy atom. The molecule has 0 bridgehead atoms. The summed E-state index contributed by atoms with van der Waals surface area (Å²) in [4.78, 5) is 11.7. The predicted octanol–water partition coefficient (Wildman–Crippen LogP) is 4.01. The van der Waals surface area contributed by atoms with Gasteiger partial charge in [0.25, 0.3) is 0 Å². The largest absolute Gasteiger partial charge is 0.495 e. The predicted molar refractivity (Wildman–Crippen MR) is 73.5 cm³/mol. The maximum absolute atomic E-state index is 11.7. The summed E-state index contributed by atoms with van der Waals surface area (Å²) < 4.78 is 6.08. The number of carboxylic acid groups (broad SMARTS) is 1. The number of carbonyl (C=O) groups is 1. The smallest absolute Gasteiger partial charge is 0.314 e. The monoisotopic (exact) mass is 332 g/mol. The fourth-order valence-electron chi connectivity index (χ4n) is 2.70. The van der Waals surface area contributed by atoms with Crippen LogP contribution in [0.15, 0.2) is 16.6 Å². The summed E-state index contributed by atoms with van der Waals surface area (Å²) in [7, 11) is 1.52. The third-order valence-corrected chi connectivity index (χ3v) is 4.33. The summed E-state index contributed by atoms with van der Waals surface area (Å²) in [6.07, 6.45) is 3.09. The summed E-state index contributed by atoms with van der Waals surface area (Å²) in [6.45, 7) is 0. The van der Waals surface area contributed by atoms with Crippen LogP contribution in [0.2, 0.25) is 5.02 Å². The van der Waals surface area contributed by atoms with Gasteiger partial charge < -0.3 is 9.84 Å². The Morgan fingerprint density at radius 3 is 2.56 bits per heavy atom. The van der Waals surface area contributed by atoms with Crippen LogP contribution in [-0.4, -0.2) is 18.2 Å². The zero-order valence-corrected chi connectivity index (χ0v) is 12.3. The van der Waals surface area contributed by atoms with Gasteiger partial charge in [0.2, 0.25) is 0 Å². The van der Waals surface area contributed by atoms with Gasteiger partial charge in [-0.15, -0.1) is 0 Å². The highest BCUT2D eigenvalue weighted by Crippen LogP contribution is 2.48. The van der Waals surface area contributed by atoms with Gasteiger partial charge in [-0.2, -0.15) is 0 Å². The molecule has 98 valence electrons. The third kappa shape index (κ3) is 2.12. The van der Waals surface area contributed by atoms with Crippen LogP contribution in [0.5, 0.6) is 5.75 Å². The van der Waals surface area contributed by atoms with Crippen LogP contribution in [0.4, 0.5) is 0 Å². The molecule has 0 atom stereocenters. The van der Waals surface area contributed by atoms with Crippen LogP contribution in [0, 0.1) is 0 Å². The van der Waals surface area contributed by atoms with E-state index in [1.165, 1.54) is 7.11 Å². The molecule has 0 aliphatic heterocycles. The van der Waals surface area contributed by atoms with Crippen molar-refractivity contribution in [2.24, 2.45) is 0 Å². The number of aliphatic carboxylic acids is 1. The van der Waals surface area contributed by atoms with Gasteiger partial charge in [-0.25, -0.2) is 0 Å². The number of halogens is 2. The van der Waals surface area contributed by atoms with Crippen molar-refractivity contribution in [3.05, 3.63) is 27.2 Å². The van der Waals surface area contributed by atoms with E-state index in [9.17, 15) is 9.90 Å². The van der Waals surface area contributed by atoms with Crippen molar-refractivity contribution in [2.75, 3.05) is 7.11 Å². The molecule has 5 heteroatoms. The molecule has 1 aromatic carbocycles. The van der Waals surface area contributed by atoms with Crippen molar-refractivity contribution in [1.29, 1.82) is 0 Å². The maximum Gasteiger partial charge on any atom is 0.314 e. The number of hydrogen-bond acceptors (Lipinski definition) is 2. The Morgan fingerprint density at radius 1 is 1.44 bits per heavy atom. The molecule has 0 radical (unpaired) electrons. The topological polar surface area (TPSA) is 46.5 Å². The first kappa shape index (κ1) is 13.7. The van der Waals surface area contributed by atoms with Gasteiger partial charge in [-0.3, -0.25) is 4.79 Å². The fourth-order valence-corrected chi connectivity index (χ4v) is 3.59. The van der Waals surface area contributed by atoms with Crippen LogP contribution in [-0.2, 0) is 10.2 Å². The Balaban J connectivity index is 2.64. The summed E-state index contributed by atoms with van der Waals surface area (Å²) in [5, 5.41) is 10.0. The fraction of sp³-hybridized carbons (Fsp3) is 0.462. The van der Waals surface area contributed by atoms with Crippen molar-refractivity contribution in [2.45, 2.75) is 31.1 Å². The van der Waals surface area contributed by atoms with Gasteiger partial charge >= 0.3 is 5.97 Å². The van der Waals surface area contributed by atoms with Crippen molar-refractivity contribution >= 4 is 33.5 Å². The lowest BCUT2D eigenvalue weighted by atomic mass is 9.78. The molecule has 1 aliphatic rings. The minimum absolute atomic E-state index is 0.439. The van der Waals surface area contributed by atoms with Crippen molar-refractivity contribution < 1.29 is 14.6 Å². The van der Waals surface area contributed by atoms with Gasteiger partial charge in [0.15, 0.2) is 0 Å². The number of rotatable bonds is 3. The van der Waals surface area contributed by atoms with E-state index in [1.54, 1.807) is 6.07 Å². The molecule has 0 spiro atoms. The molecule has 0 heterocycles. The van der Waals surface area contributed by atoms with E-state index in [0.29, 0.717) is 29.2 Å². The molecule has 1 N–H and O–H groups in total. The van der Waals surface area contributed by atoms with E-state index in [2.05, 4.69) is 15.9 Å². The Labute approximate surface area is 119 Å². The van der Waals surface area contributed by atoms with Crippen molar-refractivity contribution in [3.8, 4) is 5.75 Å². The molecule has 0 aromatic heterocycles. The van der Waals surface area contributed by atoms with E-state index >= 15 is 0 Å². The number of hydrogen-bond donors (Lipinski definition) is 1. The van der Waals surface area contributed by atoms with Crippen molar-refractivity contribution in [1.82, 2.24) is 0 Å². The van der Waals surface area contributed by atoms with Crippen molar-refractivity contribution in [3.63, 3.8) is 0 Å². The summed E-state index contributed by atoms with van der Waals surface area (Å²) >= 11 is 9.50. The highest BCUT2D eigenvalue weighted by molar-refractivity contribution is 9.10. The lowest BCUT2D eigenvalue weighted by Crippen LogP contribution is -2.33. The van der Waals surface area contributed by atoms with Crippen LogP contribution in [0.1, 0.15) is 31.2 Å². The zero-order valence-electron chi connectivity index (χ0n) is 10.0. The molecule has 0 unspecified atom stereocenters. The molecule has 1 aromatic rings.